The van der Waals surface area contributed by atoms with Gasteiger partial charge < -0.3 is 0 Å². The first kappa shape index (κ1) is 8.16. The van der Waals surface area contributed by atoms with Gasteiger partial charge in [0.1, 0.15) is 0 Å². The van der Waals surface area contributed by atoms with Crippen LogP contribution >= 0.6 is 62.6 Å². The molecule has 0 heterocycles. The van der Waals surface area contributed by atoms with Crippen molar-refractivity contribution in [1.29, 1.82) is 0 Å². The van der Waals surface area contributed by atoms with Crippen molar-refractivity contribution in [3.8, 4) is 0 Å². The summed E-state index contributed by atoms with van der Waals surface area (Å²) in [6, 6.07) is 0. The smallest absolute Gasteiger partial charge is 0.0134 e. The lowest BCUT2D eigenvalue weighted by atomic mass is 11.0. The van der Waals surface area contributed by atoms with Crippen LogP contribution in [0.4, 0.5) is 0 Å². The summed E-state index contributed by atoms with van der Waals surface area (Å²) in [6.45, 7) is 0. The minimum atomic E-state index is 1.26. The summed E-state index contributed by atoms with van der Waals surface area (Å²) in [5, 5.41) is 0. The summed E-state index contributed by atoms with van der Waals surface area (Å²) >= 11 is 4.66. The van der Waals surface area contributed by atoms with Crippen molar-refractivity contribution in [2.24, 2.45) is 0 Å². The number of hydrogen-bond donors (Lipinski definition) is 0. The molecular formula is C2H4I2S2. The molecule has 0 radical (unpaired) electrons. The van der Waals surface area contributed by atoms with E-state index in [4.69, 9.17) is 0 Å². The molecule has 0 bridgehead atoms. The molecule has 0 spiro atoms. The van der Waals surface area contributed by atoms with Crippen molar-refractivity contribution >= 4 is 62.6 Å². The maximum Gasteiger partial charge on any atom is 0.0134 e. The fourth-order valence-electron chi connectivity index (χ4n) is 0.0630. The van der Waals surface area contributed by atoms with Crippen molar-refractivity contribution in [1.82, 2.24) is 0 Å². The van der Waals surface area contributed by atoms with Crippen LogP contribution in [0.25, 0.3) is 0 Å². The Morgan fingerprint density at radius 3 is 2.33 bits per heavy atom. The third-order valence-electron chi connectivity index (χ3n) is 0.205. The fraction of sp³-hybridized carbons (Fsp3) is 1.00. The molecule has 0 nitrogen and oxygen atoms in total. The molecule has 0 saturated carbocycles. The van der Waals surface area contributed by atoms with Gasteiger partial charge in [0.2, 0.25) is 0 Å². The molecule has 38 valence electrons. The number of halogens is 2. The molecule has 0 fully saturated rings. The third kappa shape index (κ3) is 6.16. The van der Waals surface area contributed by atoms with Gasteiger partial charge in [0.15, 0.2) is 0 Å². The molecule has 0 aliphatic carbocycles. The van der Waals surface area contributed by atoms with Crippen molar-refractivity contribution in [3.63, 3.8) is 0 Å². The zero-order valence-corrected chi connectivity index (χ0v) is 8.93. The van der Waals surface area contributed by atoms with Crippen LogP contribution in [-0.2, 0) is 0 Å². The normalized spacial score (nSPS) is 9.00. The van der Waals surface area contributed by atoms with Gasteiger partial charge in [-0.3, -0.25) is 0 Å². The Morgan fingerprint density at radius 1 is 1.50 bits per heavy atom. The second kappa shape index (κ2) is 7.16. The molecule has 0 atom stereocenters. The van der Waals surface area contributed by atoms with Crippen molar-refractivity contribution in [2.45, 2.75) is 0 Å². The second-order valence-corrected chi connectivity index (χ2v) is 6.74. The van der Waals surface area contributed by atoms with Gasteiger partial charge in [0.05, 0.1) is 0 Å². The van der Waals surface area contributed by atoms with E-state index in [2.05, 4.69) is 43.8 Å². The van der Waals surface area contributed by atoms with E-state index in [1.165, 1.54) is 10.2 Å². The van der Waals surface area contributed by atoms with Gasteiger partial charge in [-0.2, -0.15) is 0 Å². The fourth-order valence-corrected chi connectivity index (χ4v) is 3.80. The monoisotopic (exact) mass is 346 g/mol. The van der Waals surface area contributed by atoms with Crippen LogP contribution in [-0.4, -0.2) is 10.2 Å². The lowest BCUT2D eigenvalue weighted by Crippen LogP contribution is -1.68. The predicted octanol–water partition coefficient (Wildman–Crippen LogP) is 3.15. The molecule has 4 heteroatoms. The van der Waals surface area contributed by atoms with Crippen LogP contribution in [0.3, 0.4) is 0 Å². The zero-order valence-electron chi connectivity index (χ0n) is 2.99. The lowest BCUT2D eigenvalue weighted by molar-refractivity contribution is 1.63. The van der Waals surface area contributed by atoms with E-state index < -0.39 is 0 Å². The standard InChI is InChI=1S/C2H4I2S2/c3-1-2-5-6-4/h1-2H2. The van der Waals surface area contributed by atoms with Gasteiger partial charge in [-0.15, -0.1) is 0 Å². The molecule has 0 N–H and O–H groups in total. The summed E-state index contributed by atoms with van der Waals surface area (Å²) in [6.07, 6.45) is 0. The van der Waals surface area contributed by atoms with Crippen molar-refractivity contribution in [2.75, 3.05) is 10.2 Å². The summed E-state index contributed by atoms with van der Waals surface area (Å²) in [5.74, 6) is 1.27. The van der Waals surface area contributed by atoms with E-state index in [0.29, 0.717) is 0 Å². The van der Waals surface area contributed by atoms with Gasteiger partial charge >= 0.3 is 0 Å². The predicted molar refractivity (Wildman–Crippen MR) is 53.0 cm³/mol. The topological polar surface area (TPSA) is 0 Å². The Balaban J connectivity index is 2.34. The maximum atomic E-state index is 2.37. The summed E-state index contributed by atoms with van der Waals surface area (Å²) in [4.78, 5) is 0. The first-order valence-corrected chi connectivity index (χ1v) is 7.76. The largest absolute Gasteiger partial charge is 0.0854 e. The Kier molecular flexibility index (Phi) is 9.74. The summed E-state index contributed by atoms with van der Waals surface area (Å²) in [7, 11) is 3.71. The zero-order chi connectivity index (χ0) is 4.83. The molecule has 0 aliphatic heterocycles. The summed E-state index contributed by atoms with van der Waals surface area (Å²) < 4.78 is 1.26. The molecule has 0 rings (SSSR count). The second-order valence-electron chi connectivity index (χ2n) is 0.574. The third-order valence-corrected chi connectivity index (χ3v) is 4.99. The van der Waals surface area contributed by atoms with E-state index in [9.17, 15) is 0 Å². The van der Waals surface area contributed by atoms with Crippen LogP contribution in [0.1, 0.15) is 0 Å². The molecule has 0 aromatic carbocycles. The molecule has 0 aliphatic rings. The van der Waals surface area contributed by atoms with Crippen molar-refractivity contribution in [3.05, 3.63) is 0 Å². The van der Waals surface area contributed by atoms with Crippen LogP contribution in [0.5, 0.6) is 0 Å². The molecule has 0 aromatic heterocycles. The van der Waals surface area contributed by atoms with Gasteiger partial charge in [0, 0.05) is 31.4 Å². The quantitative estimate of drug-likeness (QED) is 0.333. The minimum Gasteiger partial charge on any atom is -0.0854 e. The Bertz CT molecular complexity index is 21.5. The molecule has 0 saturated heterocycles. The highest BCUT2D eigenvalue weighted by molar-refractivity contribution is 14.2. The van der Waals surface area contributed by atoms with E-state index in [1.54, 1.807) is 0 Å². The minimum absolute atomic E-state index is 1.26. The highest BCUT2D eigenvalue weighted by Gasteiger charge is 1.78. The molecule has 0 unspecified atom stereocenters. The Labute approximate surface area is 71.7 Å². The van der Waals surface area contributed by atoms with Gasteiger partial charge in [-0.1, -0.05) is 33.4 Å². The van der Waals surface area contributed by atoms with Gasteiger partial charge in [0.25, 0.3) is 0 Å². The average molecular weight is 346 g/mol. The average Bonchev–Trinajstić information content (AvgIpc) is 1.61. The number of rotatable bonds is 3. The van der Waals surface area contributed by atoms with Crippen LogP contribution in [0.15, 0.2) is 0 Å². The van der Waals surface area contributed by atoms with Crippen molar-refractivity contribution < 1.29 is 0 Å². The first-order chi connectivity index (χ1) is 2.91. The molecule has 0 aromatic rings. The number of alkyl halides is 1. The Hall–Kier alpha value is 2.16. The van der Waals surface area contributed by atoms with E-state index >= 15 is 0 Å². The SMILES string of the molecule is ICCSSI. The van der Waals surface area contributed by atoms with E-state index in [0.717, 1.165) is 0 Å². The van der Waals surface area contributed by atoms with Crippen LogP contribution < -0.4 is 0 Å². The first-order valence-electron chi connectivity index (χ1n) is 1.38. The lowest BCUT2D eigenvalue weighted by Gasteiger charge is -1.83. The highest BCUT2D eigenvalue weighted by Crippen LogP contribution is 2.28. The molecular weight excluding hydrogens is 342 g/mol. The van der Waals surface area contributed by atoms with E-state index in [-0.39, 0.29) is 0 Å². The van der Waals surface area contributed by atoms with E-state index in [1.807, 2.05) is 18.8 Å². The highest BCUT2D eigenvalue weighted by atomic mass is 127. The van der Waals surface area contributed by atoms with Gasteiger partial charge in [-0.25, -0.2) is 0 Å². The maximum absolute atomic E-state index is 2.37. The van der Waals surface area contributed by atoms with Gasteiger partial charge in [-0.05, 0) is 7.97 Å². The van der Waals surface area contributed by atoms with Crippen LogP contribution in [0, 0.1) is 0 Å². The number of hydrogen-bond acceptors (Lipinski definition) is 2. The molecule has 6 heavy (non-hydrogen) atoms. The summed E-state index contributed by atoms with van der Waals surface area (Å²) in [5.41, 5.74) is 0. The Morgan fingerprint density at radius 2 is 2.17 bits per heavy atom. The molecule has 0 amide bonds. The van der Waals surface area contributed by atoms with Crippen LogP contribution in [0.2, 0.25) is 0 Å².